The van der Waals surface area contributed by atoms with Crippen LogP contribution in [-0.4, -0.2) is 23.3 Å². The molecule has 1 aliphatic heterocycles. The van der Waals surface area contributed by atoms with E-state index in [-0.39, 0.29) is 5.82 Å². The predicted octanol–water partition coefficient (Wildman–Crippen LogP) is 2.97. The first kappa shape index (κ1) is 13.6. The fourth-order valence-corrected chi connectivity index (χ4v) is 2.96. The van der Waals surface area contributed by atoms with Crippen molar-refractivity contribution in [2.75, 3.05) is 13.1 Å². The fraction of sp³-hybridized carbons (Fsp3) is 0.429. The largest absolute Gasteiger partial charge is 0.416 e. The maximum atomic E-state index is 12.8. The first-order valence-corrected chi connectivity index (χ1v) is 7.71. The third-order valence-electron chi connectivity index (χ3n) is 3.39. The van der Waals surface area contributed by atoms with Crippen LogP contribution in [0.15, 0.2) is 33.9 Å². The van der Waals surface area contributed by atoms with E-state index in [0.29, 0.717) is 16.9 Å². The number of thioether (sulfide) groups is 1. The number of hydrogen-bond acceptors (Lipinski definition) is 5. The van der Waals surface area contributed by atoms with Crippen LogP contribution in [0.3, 0.4) is 0 Å². The molecule has 6 heteroatoms. The van der Waals surface area contributed by atoms with E-state index >= 15 is 0 Å². The summed E-state index contributed by atoms with van der Waals surface area (Å²) in [5, 5.41) is 12.1. The van der Waals surface area contributed by atoms with Gasteiger partial charge in [0.25, 0.3) is 5.22 Å². The van der Waals surface area contributed by atoms with Gasteiger partial charge in [-0.1, -0.05) is 23.9 Å². The van der Waals surface area contributed by atoms with Crippen molar-refractivity contribution in [3.63, 3.8) is 0 Å². The molecule has 20 heavy (non-hydrogen) atoms. The lowest BCUT2D eigenvalue weighted by molar-refractivity contribution is 0.342. The summed E-state index contributed by atoms with van der Waals surface area (Å²) in [6, 6.07) is 6.47. The second-order valence-electron chi connectivity index (χ2n) is 4.85. The second-order valence-corrected chi connectivity index (χ2v) is 5.77. The number of nitrogens with zero attached hydrogens (tertiary/aromatic N) is 2. The number of hydrogen-bond donors (Lipinski definition) is 1. The van der Waals surface area contributed by atoms with E-state index in [0.717, 1.165) is 37.4 Å². The average Bonchev–Trinajstić information content (AvgIpc) is 2.97. The molecule has 0 aliphatic carbocycles. The molecule has 0 radical (unpaired) electrons. The monoisotopic (exact) mass is 293 g/mol. The Morgan fingerprint density at radius 1 is 1.20 bits per heavy atom. The molecule has 0 atom stereocenters. The van der Waals surface area contributed by atoms with Crippen molar-refractivity contribution in [3.8, 4) is 0 Å². The Hall–Kier alpha value is -1.40. The Morgan fingerprint density at radius 2 is 1.95 bits per heavy atom. The van der Waals surface area contributed by atoms with E-state index in [1.807, 2.05) is 0 Å². The zero-order valence-electron chi connectivity index (χ0n) is 11.0. The van der Waals surface area contributed by atoms with Gasteiger partial charge in [-0.3, -0.25) is 0 Å². The van der Waals surface area contributed by atoms with Crippen LogP contribution >= 0.6 is 11.8 Å². The lowest BCUT2D eigenvalue weighted by atomic mass is 9.98. The molecule has 1 fully saturated rings. The quantitative estimate of drug-likeness (QED) is 0.878. The van der Waals surface area contributed by atoms with Gasteiger partial charge < -0.3 is 9.73 Å². The van der Waals surface area contributed by atoms with Gasteiger partial charge in [-0.25, -0.2) is 4.39 Å². The molecule has 2 aromatic rings. The molecule has 4 nitrogen and oxygen atoms in total. The number of nitrogens with one attached hydrogen (secondary N) is 1. The first-order chi connectivity index (χ1) is 9.81. The van der Waals surface area contributed by atoms with Crippen molar-refractivity contribution in [2.45, 2.75) is 29.7 Å². The van der Waals surface area contributed by atoms with Crippen LogP contribution in [0, 0.1) is 5.82 Å². The van der Waals surface area contributed by atoms with Crippen LogP contribution in [0.1, 0.15) is 30.2 Å². The molecular formula is C14H16FN3OS. The van der Waals surface area contributed by atoms with E-state index in [1.54, 1.807) is 12.1 Å². The van der Waals surface area contributed by atoms with E-state index in [2.05, 4.69) is 15.5 Å². The van der Waals surface area contributed by atoms with Gasteiger partial charge in [0.2, 0.25) is 5.89 Å². The zero-order chi connectivity index (χ0) is 13.8. The molecule has 0 unspecified atom stereocenters. The summed E-state index contributed by atoms with van der Waals surface area (Å²) in [6.07, 6.45) is 2.09. The molecule has 106 valence electrons. The molecule has 1 saturated heterocycles. The minimum atomic E-state index is -0.218. The average molecular weight is 293 g/mol. The van der Waals surface area contributed by atoms with Crippen molar-refractivity contribution in [3.05, 3.63) is 41.5 Å². The predicted molar refractivity (Wildman–Crippen MR) is 75.1 cm³/mol. The van der Waals surface area contributed by atoms with Crippen molar-refractivity contribution in [2.24, 2.45) is 0 Å². The minimum Gasteiger partial charge on any atom is -0.416 e. The van der Waals surface area contributed by atoms with Crippen LogP contribution in [0.4, 0.5) is 4.39 Å². The van der Waals surface area contributed by atoms with Gasteiger partial charge in [-0.15, -0.1) is 10.2 Å². The first-order valence-electron chi connectivity index (χ1n) is 6.72. The topological polar surface area (TPSA) is 51.0 Å². The summed E-state index contributed by atoms with van der Waals surface area (Å²) in [5.41, 5.74) is 1.04. The highest BCUT2D eigenvalue weighted by molar-refractivity contribution is 7.98. The summed E-state index contributed by atoms with van der Waals surface area (Å²) in [6.45, 7) is 2.01. The second kappa shape index (κ2) is 6.37. The van der Waals surface area contributed by atoms with Crippen molar-refractivity contribution in [1.29, 1.82) is 0 Å². The standard InChI is InChI=1S/C14H16FN3OS/c15-12-3-1-10(2-4-12)9-20-14-18-17-13(19-14)11-5-7-16-8-6-11/h1-4,11,16H,5-9H2. The molecule has 1 aromatic carbocycles. The van der Waals surface area contributed by atoms with E-state index in [9.17, 15) is 4.39 Å². The smallest absolute Gasteiger partial charge is 0.276 e. The molecule has 2 heterocycles. The Balaban J connectivity index is 1.58. The normalized spacial score (nSPS) is 16.4. The number of rotatable bonds is 4. The van der Waals surface area contributed by atoms with E-state index in [1.165, 1.54) is 23.9 Å². The zero-order valence-corrected chi connectivity index (χ0v) is 11.8. The Morgan fingerprint density at radius 3 is 2.70 bits per heavy atom. The highest BCUT2D eigenvalue weighted by Crippen LogP contribution is 2.28. The van der Waals surface area contributed by atoms with Crippen LogP contribution in [-0.2, 0) is 5.75 Å². The Labute approximate surface area is 121 Å². The summed E-state index contributed by atoms with van der Waals surface area (Å²) in [5.74, 6) is 1.61. The lowest BCUT2D eigenvalue weighted by Gasteiger charge is -2.18. The number of halogens is 1. The van der Waals surface area contributed by atoms with Crippen molar-refractivity contribution < 1.29 is 8.81 Å². The Kier molecular flexibility index (Phi) is 4.32. The fourth-order valence-electron chi connectivity index (χ4n) is 2.24. The molecule has 0 spiro atoms. The Bertz CT molecular complexity index is 552. The number of benzene rings is 1. The number of piperidine rings is 1. The molecule has 1 N–H and O–H groups in total. The lowest BCUT2D eigenvalue weighted by Crippen LogP contribution is -2.26. The van der Waals surface area contributed by atoms with Gasteiger partial charge >= 0.3 is 0 Å². The van der Waals surface area contributed by atoms with Crippen molar-refractivity contribution >= 4 is 11.8 Å². The van der Waals surface area contributed by atoms with Gasteiger partial charge in [0.05, 0.1) is 0 Å². The van der Waals surface area contributed by atoms with Gasteiger partial charge in [0, 0.05) is 11.7 Å². The summed E-state index contributed by atoms with van der Waals surface area (Å²) in [4.78, 5) is 0. The van der Waals surface area contributed by atoms with Gasteiger partial charge in [-0.05, 0) is 43.6 Å². The van der Waals surface area contributed by atoms with Crippen LogP contribution < -0.4 is 5.32 Å². The summed E-state index contributed by atoms with van der Waals surface area (Å²) < 4.78 is 18.5. The van der Waals surface area contributed by atoms with E-state index in [4.69, 9.17) is 4.42 Å². The van der Waals surface area contributed by atoms with Gasteiger partial charge in [0.15, 0.2) is 0 Å². The third kappa shape index (κ3) is 3.37. The minimum absolute atomic E-state index is 0.218. The molecular weight excluding hydrogens is 277 g/mol. The molecule has 0 amide bonds. The van der Waals surface area contributed by atoms with E-state index < -0.39 is 0 Å². The van der Waals surface area contributed by atoms with Crippen molar-refractivity contribution in [1.82, 2.24) is 15.5 Å². The summed E-state index contributed by atoms with van der Waals surface area (Å²) in [7, 11) is 0. The maximum Gasteiger partial charge on any atom is 0.276 e. The van der Waals surface area contributed by atoms with Crippen LogP contribution in [0.5, 0.6) is 0 Å². The molecule has 3 rings (SSSR count). The molecule has 1 aromatic heterocycles. The highest BCUT2D eigenvalue weighted by Gasteiger charge is 2.21. The SMILES string of the molecule is Fc1ccc(CSc2nnc(C3CCNCC3)o2)cc1. The molecule has 0 bridgehead atoms. The summed E-state index contributed by atoms with van der Waals surface area (Å²) >= 11 is 1.49. The van der Waals surface area contributed by atoms with Crippen LogP contribution in [0.2, 0.25) is 0 Å². The van der Waals surface area contributed by atoms with Gasteiger partial charge in [-0.2, -0.15) is 0 Å². The van der Waals surface area contributed by atoms with Gasteiger partial charge in [0.1, 0.15) is 5.82 Å². The molecule has 0 saturated carbocycles. The maximum absolute atomic E-state index is 12.8. The highest BCUT2D eigenvalue weighted by atomic mass is 32.2. The third-order valence-corrected chi connectivity index (χ3v) is 4.28. The van der Waals surface area contributed by atoms with Crippen LogP contribution in [0.25, 0.3) is 0 Å². The number of aromatic nitrogens is 2. The molecule has 1 aliphatic rings.